The minimum absolute atomic E-state index is 0.156. The zero-order valence-corrected chi connectivity index (χ0v) is 13.6. The first kappa shape index (κ1) is 14.1. The quantitative estimate of drug-likeness (QED) is 0.712. The van der Waals surface area contributed by atoms with Crippen LogP contribution in [0, 0.1) is 6.92 Å². The van der Waals surface area contributed by atoms with Gasteiger partial charge < -0.3 is 4.90 Å². The molecule has 4 heteroatoms. The van der Waals surface area contributed by atoms with Crippen LogP contribution >= 0.6 is 31.9 Å². The van der Waals surface area contributed by atoms with E-state index in [1.807, 2.05) is 30.0 Å². The van der Waals surface area contributed by atoms with Crippen LogP contribution < -0.4 is 0 Å². The summed E-state index contributed by atoms with van der Waals surface area (Å²) in [6.45, 7) is 2.89. The molecule has 1 fully saturated rings. The number of likely N-dealkylation sites (tertiary alicyclic amines) is 1. The van der Waals surface area contributed by atoms with Gasteiger partial charge >= 0.3 is 0 Å². The Morgan fingerprint density at radius 3 is 2.83 bits per heavy atom. The number of piperidine rings is 1. The molecule has 1 saturated heterocycles. The second-order valence-electron chi connectivity index (χ2n) is 4.82. The van der Waals surface area contributed by atoms with E-state index in [1.165, 1.54) is 6.42 Å². The van der Waals surface area contributed by atoms with Gasteiger partial charge in [0.1, 0.15) is 0 Å². The molecule has 0 spiro atoms. The largest absolute Gasteiger partial charge is 0.335 e. The van der Waals surface area contributed by atoms with Crippen molar-refractivity contribution in [2.24, 2.45) is 0 Å². The third-order valence-corrected chi connectivity index (χ3v) is 4.56. The number of alkyl halides is 1. The Morgan fingerprint density at radius 1 is 1.39 bits per heavy atom. The van der Waals surface area contributed by atoms with E-state index in [9.17, 15) is 4.79 Å². The SMILES string of the molecule is Cc1cc(Br)cc(C(=O)N2CCCCC2CBr)c1. The molecule has 0 aliphatic carbocycles. The summed E-state index contributed by atoms with van der Waals surface area (Å²) >= 11 is 6.98. The fourth-order valence-electron chi connectivity index (χ4n) is 2.45. The van der Waals surface area contributed by atoms with Crippen molar-refractivity contribution in [1.82, 2.24) is 4.90 Å². The van der Waals surface area contributed by atoms with Crippen molar-refractivity contribution in [1.29, 1.82) is 0 Å². The Kier molecular flexibility index (Phi) is 4.84. The van der Waals surface area contributed by atoms with Crippen LogP contribution in [0.4, 0.5) is 0 Å². The molecule has 0 saturated carbocycles. The summed E-state index contributed by atoms with van der Waals surface area (Å²) in [4.78, 5) is 14.6. The zero-order chi connectivity index (χ0) is 13.1. The summed E-state index contributed by atoms with van der Waals surface area (Å²) in [5.74, 6) is 0.156. The summed E-state index contributed by atoms with van der Waals surface area (Å²) in [7, 11) is 0. The van der Waals surface area contributed by atoms with Gasteiger partial charge in [-0.2, -0.15) is 0 Å². The van der Waals surface area contributed by atoms with Gasteiger partial charge in [0.25, 0.3) is 5.91 Å². The van der Waals surface area contributed by atoms with E-state index in [1.54, 1.807) is 0 Å². The van der Waals surface area contributed by atoms with E-state index in [2.05, 4.69) is 31.9 Å². The topological polar surface area (TPSA) is 20.3 Å². The highest BCUT2D eigenvalue weighted by Gasteiger charge is 2.26. The Labute approximate surface area is 125 Å². The van der Waals surface area contributed by atoms with Gasteiger partial charge in [-0.15, -0.1) is 0 Å². The Balaban J connectivity index is 2.23. The minimum atomic E-state index is 0.156. The van der Waals surface area contributed by atoms with Crippen LogP contribution in [0.15, 0.2) is 22.7 Å². The number of carbonyl (C=O) groups excluding carboxylic acids is 1. The molecule has 0 aromatic heterocycles. The summed E-state index contributed by atoms with van der Waals surface area (Å²) in [6, 6.07) is 6.24. The first-order valence-corrected chi connectivity index (χ1v) is 8.17. The average Bonchev–Trinajstić information content (AvgIpc) is 2.36. The molecule has 0 N–H and O–H groups in total. The first-order valence-electron chi connectivity index (χ1n) is 6.26. The zero-order valence-electron chi connectivity index (χ0n) is 10.5. The van der Waals surface area contributed by atoms with Gasteiger partial charge in [0, 0.05) is 28.0 Å². The molecule has 1 aromatic carbocycles. The van der Waals surface area contributed by atoms with E-state index < -0.39 is 0 Å². The molecule has 1 unspecified atom stereocenters. The van der Waals surface area contributed by atoms with Gasteiger partial charge in [0.05, 0.1) is 0 Å². The van der Waals surface area contributed by atoms with Crippen LogP contribution in [0.5, 0.6) is 0 Å². The van der Waals surface area contributed by atoms with Gasteiger partial charge in [0.2, 0.25) is 0 Å². The Hall–Kier alpha value is -0.350. The first-order chi connectivity index (χ1) is 8.61. The normalized spacial score (nSPS) is 19.9. The predicted octanol–water partition coefficient (Wildman–Crippen LogP) is 4.15. The van der Waals surface area contributed by atoms with E-state index in [4.69, 9.17) is 0 Å². The predicted molar refractivity (Wildman–Crippen MR) is 81.3 cm³/mol. The van der Waals surface area contributed by atoms with Crippen molar-refractivity contribution in [3.8, 4) is 0 Å². The number of nitrogens with zero attached hydrogens (tertiary/aromatic N) is 1. The molecule has 1 heterocycles. The van der Waals surface area contributed by atoms with Crippen LogP contribution in [0.3, 0.4) is 0 Å². The maximum Gasteiger partial charge on any atom is 0.254 e. The smallest absolute Gasteiger partial charge is 0.254 e. The fraction of sp³-hybridized carbons (Fsp3) is 0.500. The molecule has 1 amide bonds. The number of halogens is 2. The Morgan fingerprint density at radius 2 is 2.17 bits per heavy atom. The minimum Gasteiger partial charge on any atom is -0.335 e. The van der Waals surface area contributed by atoms with E-state index >= 15 is 0 Å². The van der Waals surface area contributed by atoms with Crippen molar-refractivity contribution in [2.75, 3.05) is 11.9 Å². The molecule has 1 aliphatic heterocycles. The Bertz CT molecular complexity index is 427. The van der Waals surface area contributed by atoms with Crippen molar-refractivity contribution >= 4 is 37.8 Å². The van der Waals surface area contributed by atoms with E-state index in [0.717, 1.165) is 40.3 Å². The van der Waals surface area contributed by atoms with Crippen LogP contribution in [-0.2, 0) is 0 Å². The van der Waals surface area contributed by atoms with E-state index in [-0.39, 0.29) is 5.91 Å². The average molecular weight is 375 g/mol. The van der Waals surface area contributed by atoms with Crippen LogP contribution in [0.1, 0.15) is 35.2 Å². The highest BCUT2D eigenvalue weighted by atomic mass is 79.9. The monoisotopic (exact) mass is 373 g/mol. The standard InChI is InChI=1S/C14H17Br2NO/c1-10-6-11(8-12(16)7-10)14(18)17-5-3-2-4-13(17)9-15/h6-8,13H,2-5,9H2,1H3. The van der Waals surface area contributed by atoms with Crippen molar-refractivity contribution in [3.05, 3.63) is 33.8 Å². The fourth-order valence-corrected chi connectivity index (χ4v) is 3.73. The number of carbonyl (C=O) groups is 1. The highest BCUT2D eigenvalue weighted by molar-refractivity contribution is 9.10. The van der Waals surface area contributed by atoms with Gasteiger partial charge in [0.15, 0.2) is 0 Å². The van der Waals surface area contributed by atoms with Crippen molar-refractivity contribution in [3.63, 3.8) is 0 Å². The lowest BCUT2D eigenvalue weighted by Crippen LogP contribution is -2.44. The summed E-state index contributed by atoms with van der Waals surface area (Å²) in [5.41, 5.74) is 1.90. The number of benzene rings is 1. The molecule has 0 bridgehead atoms. The highest BCUT2D eigenvalue weighted by Crippen LogP contribution is 2.23. The molecule has 2 nitrogen and oxygen atoms in total. The van der Waals surface area contributed by atoms with Crippen LogP contribution in [-0.4, -0.2) is 28.7 Å². The molecule has 1 atom stereocenters. The molecule has 0 radical (unpaired) electrons. The molecule has 18 heavy (non-hydrogen) atoms. The molecule has 1 aliphatic rings. The maximum atomic E-state index is 12.6. The summed E-state index contributed by atoms with van der Waals surface area (Å²) in [5, 5.41) is 0.867. The number of amides is 1. The molecule has 1 aromatic rings. The second-order valence-corrected chi connectivity index (χ2v) is 6.38. The molecular formula is C14H17Br2NO. The summed E-state index contributed by atoms with van der Waals surface area (Å²) in [6.07, 6.45) is 3.43. The third kappa shape index (κ3) is 3.15. The summed E-state index contributed by atoms with van der Waals surface area (Å²) < 4.78 is 0.971. The molecular weight excluding hydrogens is 358 g/mol. The maximum absolute atomic E-state index is 12.6. The number of rotatable bonds is 2. The van der Waals surface area contributed by atoms with E-state index in [0.29, 0.717) is 6.04 Å². The number of hydrogen-bond donors (Lipinski definition) is 0. The van der Waals surface area contributed by atoms with Crippen molar-refractivity contribution < 1.29 is 4.79 Å². The van der Waals surface area contributed by atoms with Crippen molar-refractivity contribution in [2.45, 2.75) is 32.2 Å². The van der Waals surface area contributed by atoms with Gasteiger partial charge in [-0.3, -0.25) is 4.79 Å². The number of aryl methyl sites for hydroxylation is 1. The van der Waals surface area contributed by atoms with Gasteiger partial charge in [-0.05, 0) is 49.9 Å². The molecule has 98 valence electrons. The number of hydrogen-bond acceptors (Lipinski definition) is 1. The molecule has 2 rings (SSSR count). The lowest BCUT2D eigenvalue weighted by atomic mass is 10.0. The second kappa shape index (κ2) is 6.20. The van der Waals surface area contributed by atoms with Crippen LogP contribution in [0.25, 0.3) is 0 Å². The van der Waals surface area contributed by atoms with Gasteiger partial charge in [-0.25, -0.2) is 0 Å². The van der Waals surface area contributed by atoms with Gasteiger partial charge in [-0.1, -0.05) is 31.9 Å². The van der Waals surface area contributed by atoms with Crippen LogP contribution in [0.2, 0.25) is 0 Å². The lowest BCUT2D eigenvalue weighted by molar-refractivity contribution is 0.0641. The lowest BCUT2D eigenvalue weighted by Gasteiger charge is -2.35. The third-order valence-electron chi connectivity index (χ3n) is 3.36.